The van der Waals surface area contributed by atoms with Crippen LogP contribution in [0, 0.1) is 13.8 Å². The van der Waals surface area contributed by atoms with Gasteiger partial charge < -0.3 is 9.88 Å². The van der Waals surface area contributed by atoms with Gasteiger partial charge in [0.05, 0.1) is 5.02 Å². The number of benzene rings is 1. The molecule has 0 bridgehead atoms. The molecule has 0 saturated carbocycles. The summed E-state index contributed by atoms with van der Waals surface area (Å²) in [5.41, 5.74) is 5.52. The highest BCUT2D eigenvalue weighted by atomic mass is 35.5. The van der Waals surface area contributed by atoms with Crippen LogP contribution in [0.2, 0.25) is 5.02 Å². The molecule has 4 rings (SSSR count). The van der Waals surface area contributed by atoms with Crippen molar-refractivity contribution in [2.75, 3.05) is 13.1 Å². The molecule has 0 amide bonds. The molecule has 2 aromatic heterocycles. The summed E-state index contributed by atoms with van der Waals surface area (Å²) in [4.78, 5) is 9.48. The molecule has 1 aliphatic rings. The summed E-state index contributed by atoms with van der Waals surface area (Å²) in [6.45, 7) is 6.34. The number of piperidine rings is 1. The third-order valence-electron chi connectivity index (χ3n) is 4.94. The van der Waals surface area contributed by atoms with Gasteiger partial charge in [-0.05, 0) is 63.0 Å². The van der Waals surface area contributed by atoms with Gasteiger partial charge in [0.1, 0.15) is 11.3 Å². The van der Waals surface area contributed by atoms with Gasteiger partial charge in [-0.25, -0.2) is 9.97 Å². The van der Waals surface area contributed by atoms with Gasteiger partial charge in [0.15, 0.2) is 5.65 Å². The van der Waals surface area contributed by atoms with Crippen LogP contribution in [0.3, 0.4) is 0 Å². The van der Waals surface area contributed by atoms with Crippen molar-refractivity contribution in [2.24, 2.45) is 0 Å². The smallest absolute Gasteiger partial charge is 0.160 e. The van der Waals surface area contributed by atoms with Crippen molar-refractivity contribution < 1.29 is 0 Å². The molecule has 4 nitrogen and oxygen atoms in total. The first-order valence-electron chi connectivity index (χ1n) is 8.45. The summed E-state index contributed by atoms with van der Waals surface area (Å²) in [6, 6.07) is 8.86. The lowest BCUT2D eigenvalue weighted by atomic mass is 10.0. The molecule has 0 unspecified atom stereocenters. The van der Waals surface area contributed by atoms with Gasteiger partial charge in [0, 0.05) is 17.8 Å². The fraction of sp³-hybridized carbons (Fsp3) is 0.368. The summed E-state index contributed by atoms with van der Waals surface area (Å²) in [6.07, 6.45) is 3.90. The Morgan fingerprint density at radius 1 is 1.12 bits per heavy atom. The minimum Gasteiger partial charge on any atom is -0.317 e. The summed E-state index contributed by atoms with van der Waals surface area (Å²) in [7, 11) is 0. The topological polar surface area (TPSA) is 42.7 Å². The van der Waals surface area contributed by atoms with Crippen molar-refractivity contribution in [1.82, 2.24) is 19.9 Å². The van der Waals surface area contributed by atoms with E-state index in [1.165, 1.54) is 11.1 Å². The molecule has 24 heavy (non-hydrogen) atoms. The Morgan fingerprint density at radius 2 is 1.92 bits per heavy atom. The fourth-order valence-electron chi connectivity index (χ4n) is 3.45. The average molecular weight is 341 g/mol. The quantitative estimate of drug-likeness (QED) is 0.756. The molecule has 0 spiro atoms. The van der Waals surface area contributed by atoms with E-state index >= 15 is 0 Å². The molecule has 1 saturated heterocycles. The van der Waals surface area contributed by atoms with Gasteiger partial charge in [-0.2, -0.15) is 0 Å². The van der Waals surface area contributed by atoms with Crippen molar-refractivity contribution in [3.63, 3.8) is 0 Å². The normalized spacial score (nSPS) is 16.0. The van der Waals surface area contributed by atoms with Gasteiger partial charge in [0.2, 0.25) is 0 Å². The second-order valence-corrected chi connectivity index (χ2v) is 7.02. The van der Waals surface area contributed by atoms with Crippen LogP contribution in [0.15, 0.2) is 30.5 Å². The Morgan fingerprint density at radius 3 is 2.67 bits per heavy atom. The number of hydrogen-bond acceptors (Lipinski definition) is 3. The number of aryl methyl sites for hydroxylation is 2. The van der Waals surface area contributed by atoms with E-state index < -0.39 is 0 Å². The Bertz CT molecular complexity index is 894. The highest BCUT2D eigenvalue weighted by molar-refractivity contribution is 6.31. The third-order valence-corrected chi connectivity index (χ3v) is 5.14. The molecule has 3 aromatic rings. The predicted octanol–water partition coefficient (Wildman–Crippen LogP) is 4.29. The van der Waals surface area contributed by atoms with Crippen LogP contribution in [0.5, 0.6) is 0 Å². The Balaban J connectivity index is 1.93. The number of pyridine rings is 1. The summed E-state index contributed by atoms with van der Waals surface area (Å²) >= 11 is 6.14. The van der Waals surface area contributed by atoms with E-state index in [2.05, 4.69) is 46.9 Å². The van der Waals surface area contributed by atoms with Crippen molar-refractivity contribution in [3.05, 3.63) is 46.6 Å². The molecule has 1 N–H and O–H groups in total. The number of halogens is 1. The lowest BCUT2D eigenvalue weighted by Crippen LogP contribution is -2.29. The maximum absolute atomic E-state index is 6.14. The zero-order valence-electron chi connectivity index (χ0n) is 14.0. The van der Waals surface area contributed by atoms with E-state index in [1.807, 2.05) is 6.07 Å². The van der Waals surface area contributed by atoms with Gasteiger partial charge in [-0.3, -0.25) is 0 Å². The van der Waals surface area contributed by atoms with Crippen molar-refractivity contribution in [2.45, 2.75) is 32.7 Å². The number of nitrogens with zero attached hydrogens (tertiary/aromatic N) is 3. The van der Waals surface area contributed by atoms with Crippen molar-refractivity contribution >= 4 is 22.8 Å². The Labute approximate surface area is 146 Å². The lowest BCUT2D eigenvalue weighted by molar-refractivity contribution is 0.376. The van der Waals surface area contributed by atoms with Gasteiger partial charge in [-0.1, -0.05) is 23.7 Å². The Hall–Kier alpha value is -1.91. The Kier molecular flexibility index (Phi) is 4.02. The van der Waals surface area contributed by atoms with Gasteiger partial charge in [0.25, 0.3) is 0 Å². The first-order valence-corrected chi connectivity index (χ1v) is 8.83. The number of nitrogens with one attached hydrogen (secondary N) is 1. The van der Waals surface area contributed by atoms with Gasteiger partial charge >= 0.3 is 0 Å². The molecule has 0 aliphatic carbocycles. The van der Waals surface area contributed by atoms with E-state index in [9.17, 15) is 0 Å². The van der Waals surface area contributed by atoms with Crippen LogP contribution in [0.4, 0.5) is 0 Å². The minimum atomic E-state index is 0.418. The number of hydrogen-bond donors (Lipinski definition) is 1. The average Bonchev–Trinajstić information content (AvgIpc) is 2.96. The predicted molar refractivity (Wildman–Crippen MR) is 98.6 cm³/mol. The molecule has 124 valence electrons. The molecule has 1 aliphatic heterocycles. The van der Waals surface area contributed by atoms with Crippen molar-refractivity contribution in [3.8, 4) is 11.4 Å². The third kappa shape index (κ3) is 2.70. The van der Waals surface area contributed by atoms with Crippen LogP contribution in [0.25, 0.3) is 22.6 Å². The number of fused-ring (bicyclic) bond motifs is 1. The lowest BCUT2D eigenvalue weighted by Gasteiger charge is -2.26. The maximum Gasteiger partial charge on any atom is 0.160 e. The minimum absolute atomic E-state index is 0.418. The molecule has 1 aromatic carbocycles. The van der Waals surface area contributed by atoms with Crippen molar-refractivity contribution in [1.29, 1.82) is 0 Å². The molecule has 0 atom stereocenters. The van der Waals surface area contributed by atoms with E-state index in [0.29, 0.717) is 11.1 Å². The molecular formula is C19H21ClN4. The van der Waals surface area contributed by atoms with Crippen LogP contribution in [-0.4, -0.2) is 27.6 Å². The number of rotatable bonds is 2. The van der Waals surface area contributed by atoms with Crippen LogP contribution < -0.4 is 5.32 Å². The number of imidazole rings is 1. The fourth-order valence-corrected chi connectivity index (χ4v) is 3.60. The number of aromatic nitrogens is 3. The second kappa shape index (κ2) is 6.19. The largest absolute Gasteiger partial charge is 0.317 e. The summed E-state index contributed by atoms with van der Waals surface area (Å²) < 4.78 is 2.32. The van der Waals surface area contributed by atoms with Crippen LogP contribution in [-0.2, 0) is 0 Å². The first kappa shape index (κ1) is 15.6. The molecular weight excluding hydrogens is 320 g/mol. The second-order valence-electron chi connectivity index (χ2n) is 6.58. The molecule has 5 heteroatoms. The SMILES string of the molecule is Cc1ccc(-c2nc3cc(Cl)cnc3n2C2CCNCC2)cc1C. The standard InChI is InChI=1S/C19H21ClN4/c1-12-3-4-14(9-13(12)2)18-23-17-10-15(20)11-22-19(17)24(18)16-5-7-21-8-6-16/h3-4,9-11,16,21H,5-8H2,1-2H3. The van der Waals surface area contributed by atoms with Crippen LogP contribution >= 0.6 is 11.6 Å². The molecule has 0 radical (unpaired) electrons. The highest BCUT2D eigenvalue weighted by Gasteiger charge is 2.23. The van der Waals surface area contributed by atoms with E-state index in [4.69, 9.17) is 16.6 Å². The summed E-state index contributed by atoms with van der Waals surface area (Å²) in [5, 5.41) is 4.06. The zero-order chi connectivity index (χ0) is 16.7. The van der Waals surface area contributed by atoms with Gasteiger partial charge in [-0.15, -0.1) is 0 Å². The maximum atomic E-state index is 6.14. The molecule has 1 fully saturated rings. The zero-order valence-corrected chi connectivity index (χ0v) is 14.8. The van der Waals surface area contributed by atoms with Crippen LogP contribution in [0.1, 0.15) is 30.0 Å². The summed E-state index contributed by atoms with van der Waals surface area (Å²) in [5.74, 6) is 0.995. The first-order chi connectivity index (χ1) is 11.6. The van der Waals surface area contributed by atoms with E-state index in [0.717, 1.165) is 48.5 Å². The monoisotopic (exact) mass is 340 g/mol. The van der Waals surface area contributed by atoms with E-state index in [-0.39, 0.29) is 0 Å². The molecule has 3 heterocycles. The van der Waals surface area contributed by atoms with E-state index in [1.54, 1.807) is 6.20 Å². The highest BCUT2D eigenvalue weighted by Crippen LogP contribution is 2.32.